The zero-order valence-electron chi connectivity index (χ0n) is 10.3. The number of rotatable bonds is 4. The minimum Gasteiger partial charge on any atom is -0.356 e. The van der Waals surface area contributed by atoms with Crippen LogP contribution in [-0.4, -0.2) is 17.1 Å². The lowest BCUT2D eigenvalue weighted by Crippen LogP contribution is -2.17. The fourth-order valence-corrected chi connectivity index (χ4v) is 1.98. The van der Waals surface area contributed by atoms with Gasteiger partial charge in [0.1, 0.15) is 5.69 Å². The van der Waals surface area contributed by atoms with E-state index in [1.807, 2.05) is 30.3 Å². The number of halogens is 2. The molecule has 0 radical (unpaired) electrons. The largest absolute Gasteiger partial charge is 0.356 e. The predicted octanol–water partition coefficient (Wildman–Crippen LogP) is 3.77. The number of aromatic amines is 1. The number of amides is 1. The molecule has 0 fully saturated rings. The normalized spacial score (nSPS) is 11.8. The lowest BCUT2D eigenvalue weighted by molar-refractivity contribution is 0.0951. The number of nitrogens with one attached hydrogen (secondary N) is 2. The maximum atomic E-state index is 11.7. The van der Waals surface area contributed by atoms with Gasteiger partial charge in [0.15, 0.2) is 0 Å². The van der Waals surface area contributed by atoms with E-state index in [0.29, 0.717) is 10.7 Å². The summed E-state index contributed by atoms with van der Waals surface area (Å²) in [5.41, 5.74) is 3.76. The Morgan fingerprint density at radius 1 is 1.35 bits per heavy atom. The van der Waals surface area contributed by atoms with Gasteiger partial charge in [-0.05, 0) is 33.6 Å². The third kappa shape index (κ3) is 4.36. The monoisotopic (exact) mass is 351 g/mol. The summed E-state index contributed by atoms with van der Waals surface area (Å²) in [5, 5.41) is 4.21. The van der Waals surface area contributed by atoms with E-state index in [1.165, 1.54) is 6.21 Å². The van der Waals surface area contributed by atoms with Crippen molar-refractivity contribution in [2.45, 2.75) is 0 Å². The molecule has 0 spiro atoms. The van der Waals surface area contributed by atoms with Gasteiger partial charge in [0.2, 0.25) is 0 Å². The van der Waals surface area contributed by atoms with Crippen molar-refractivity contribution < 1.29 is 4.79 Å². The molecule has 6 heteroatoms. The molecule has 0 aliphatic rings. The zero-order valence-corrected chi connectivity index (χ0v) is 12.6. The summed E-state index contributed by atoms with van der Waals surface area (Å²) < 4.78 is 0.800. The van der Waals surface area contributed by atoms with Gasteiger partial charge in [0, 0.05) is 10.7 Å². The molecule has 20 heavy (non-hydrogen) atoms. The van der Waals surface area contributed by atoms with E-state index in [-0.39, 0.29) is 5.91 Å². The molecule has 2 N–H and O–H groups in total. The predicted molar refractivity (Wildman–Crippen MR) is 84.7 cm³/mol. The van der Waals surface area contributed by atoms with Crippen LogP contribution in [0.15, 0.2) is 57.2 Å². The molecular weight excluding hydrogens is 342 g/mol. The number of H-pyrrole nitrogens is 1. The van der Waals surface area contributed by atoms with Gasteiger partial charge in [-0.1, -0.05) is 41.9 Å². The number of carbonyl (C=O) groups excluding carboxylic acids is 1. The first-order valence-electron chi connectivity index (χ1n) is 5.75. The first kappa shape index (κ1) is 14.6. The van der Waals surface area contributed by atoms with Crippen molar-refractivity contribution in [3.05, 3.63) is 63.4 Å². The summed E-state index contributed by atoms with van der Waals surface area (Å²) in [6.45, 7) is 0. The summed E-state index contributed by atoms with van der Waals surface area (Å²) in [6.07, 6.45) is 4.80. The van der Waals surface area contributed by atoms with Gasteiger partial charge >= 0.3 is 0 Å². The number of carbonyl (C=O) groups is 1. The Morgan fingerprint density at radius 2 is 2.10 bits per heavy atom. The van der Waals surface area contributed by atoms with E-state index in [1.54, 1.807) is 18.3 Å². The fourth-order valence-electron chi connectivity index (χ4n) is 1.46. The second kappa shape index (κ2) is 7.07. The van der Waals surface area contributed by atoms with Crippen LogP contribution in [0.25, 0.3) is 6.08 Å². The van der Waals surface area contributed by atoms with E-state index >= 15 is 0 Å². The standard InChI is InChI=1S/C14H11BrClN3O/c15-11-7-13(17-8-11)14(20)19-18-9-12(16)6-10-4-2-1-3-5-10/h1-9,17H,(H,19,20)/b12-6-,18-9-. The van der Waals surface area contributed by atoms with Crippen molar-refractivity contribution in [3.63, 3.8) is 0 Å². The molecule has 1 amide bonds. The quantitative estimate of drug-likeness (QED) is 0.638. The molecule has 0 aliphatic heterocycles. The Kier molecular flexibility index (Phi) is 5.15. The van der Waals surface area contributed by atoms with Crippen LogP contribution in [0.4, 0.5) is 0 Å². The molecule has 0 unspecified atom stereocenters. The highest BCUT2D eigenvalue weighted by atomic mass is 79.9. The number of aromatic nitrogens is 1. The van der Waals surface area contributed by atoms with Gasteiger partial charge < -0.3 is 4.98 Å². The SMILES string of the molecule is O=C(N/N=C\C(Cl)=C\c1ccccc1)c1cc(Br)c[nH]1. The number of hydrogen-bond donors (Lipinski definition) is 2. The second-order valence-corrected chi connectivity index (χ2v) is 5.22. The van der Waals surface area contributed by atoms with Crippen molar-refractivity contribution in [3.8, 4) is 0 Å². The lowest BCUT2D eigenvalue weighted by Gasteiger charge is -1.96. The summed E-state index contributed by atoms with van der Waals surface area (Å²) >= 11 is 9.24. The van der Waals surface area contributed by atoms with Crippen LogP contribution in [0.5, 0.6) is 0 Å². The van der Waals surface area contributed by atoms with Gasteiger partial charge in [-0.3, -0.25) is 4.79 Å². The van der Waals surface area contributed by atoms with Crippen LogP contribution in [0, 0.1) is 0 Å². The molecule has 1 heterocycles. The number of nitrogens with zero attached hydrogens (tertiary/aromatic N) is 1. The van der Waals surface area contributed by atoms with E-state index in [0.717, 1.165) is 10.0 Å². The van der Waals surface area contributed by atoms with Crippen molar-refractivity contribution in [2.24, 2.45) is 5.10 Å². The molecule has 2 rings (SSSR count). The van der Waals surface area contributed by atoms with Gasteiger partial charge in [0.05, 0.1) is 11.2 Å². The minimum absolute atomic E-state index is 0.337. The van der Waals surface area contributed by atoms with E-state index in [2.05, 4.69) is 31.4 Å². The van der Waals surface area contributed by atoms with Crippen LogP contribution in [0.3, 0.4) is 0 Å². The van der Waals surface area contributed by atoms with Crippen LogP contribution >= 0.6 is 27.5 Å². The molecule has 0 saturated heterocycles. The molecule has 1 aromatic heterocycles. The van der Waals surface area contributed by atoms with Crippen LogP contribution in [0.1, 0.15) is 16.1 Å². The molecule has 0 bridgehead atoms. The Labute approximate surface area is 129 Å². The van der Waals surface area contributed by atoms with Gasteiger partial charge in [-0.25, -0.2) is 5.43 Å². The Hall–Kier alpha value is -1.85. The van der Waals surface area contributed by atoms with E-state index < -0.39 is 0 Å². The zero-order chi connectivity index (χ0) is 14.4. The van der Waals surface area contributed by atoms with Gasteiger partial charge in [0.25, 0.3) is 5.91 Å². The average molecular weight is 353 g/mol. The van der Waals surface area contributed by atoms with Crippen molar-refractivity contribution in [1.29, 1.82) is 0 Å². The molecule has 0 aliphatic carbocycles. The number of hydrogen-bond acceptors (Lipinski definition) is 2. The third-order valence-corrected chi connectivity index (χ3v) is 3.02. The Balaban J connectivity index is 1.93. The highest BCUT2D eigenvalue weighted by Gasteiger charge is 2.05. The minimum atomic E-state index is -0.337. The lowest BCUT2D eigenvalue weighted by atomic mass is 10.2. The summed E-state index contributed by atoms with van der Waals surface area (Å²) in [6, 6.07) is 11.3. The van der Waals surface area contributed by atoms with Crippen molar-refractivity contribution in [2.75, 3.05) is 0 Å². The molecular formula is C14H11BrClN3O. The summed E-state index contributed by atoms with van der Waals surface area (Å²) in [5.74, 6) is -0.337. The number of benzene rings is 1. The smallest absolute Gasteiger partial charge is 0.287 e. The average Bonchev–Trinajstić information content (AvgIpc) is 2.86. The number of hydrazone groups is 1. The van der Waals surface area contributed by atoms with Crippen LogP contribution < -0.4 is 5.43 Å². The van der Waals surface area contributed by atoms with Crippen LogP contribution in [-0.2, 0) is 0 Å². The molecule has 102 valence electrons. The van der Waals surface area contributed by atoms with E-state index in [4.69, 9.17) is 11.6 Å². The topological polar surface area (TPSA) is 57.2 Å². The first-order valence-corrected chi connectivity index (χ1v) is 6.92. The first-order chi connectivity index (χ1) is 9.65. The molecule has 2 aromatic rings. The van der Waals surface area contributed by atoms with Crippen molar-refractivity contribution >= 4 is 45.7 Å². The highest BCUT2D eigenvalue weighted by Crippen LogP contribution is 2.10. The molecule has 1 aromatic carbocycles. The van der Waals surface area contributed by atoms with E-state index in [9.17, 15) is 4.79 Å². The van der Waals surface area contributed by atoms with Gasteiger partial charge in [-0.15, -0.1) is 0 Å². The van der Waals surface area contributed by atoms with Crippen LogP contribution in [0.2, 0.25) is 0 Å². The molecule has 0 saturated carbocycles. The fraction of sp³-hybridized carbons (Fsp3) is 0. The maximum Gasteiger partial charge on any atom is 0.287 e. The molecule has 0 atom stereocenters. The third-order valence-electron chi connectivity index (χ3n) is 2.35. The van der Waals surface area contributed by atoms with Gasteiger partial charge in [-0.2, -0.15) is 5.10 Å². The highest BCUT2D eigenvalue weighted by molar-refractivity contribution is 9.10. The second-order valence-electron chi connectivity index (χ2n) is 3.87. The number of allylic oxidation sites excluding steroid dienone is 1. The Bertz CT molecular complexity index is 649. The molecule has 4 nitrogen and oxygen atoms in total. The Morgan fingerprint density at radius 3 is 2.75 bits per heavy atom. The maximum absolute atomic E-state index is 11.7. The van der Waals surface area contributed by atoms with Crippen molar-refractivity contribution in [1.82, 2.24) is 10.4 Å². The summed E-state index contributed by atoms with van der Waals surface area (Å²) in [7, 11) is 0. The summed E-state index contributed by atoms with van der Waals surface area (Å²) in [4.78, 5) is 14.5.